The van der Waals surface area contributed by atoms with Crippen LogP contribution in [0.25, 0.3) is 10.9 Å². The molecule has 3 rings (SSSR count). The van der Waals surface area contributed by atoms with Crippen LogP contribution in [0.15, 0.2) is 36.5 Å². The van der Waals surface area contributed by atoms with E-state index in [0.717, 1.165) is 18.2 Å². The third-order valence-corrected chi connectivity index (χ3v) is 10.7. The largest absolute Gasteiger partial charge is 0.465 e. The highest BCUT2D eigenvalue weighted by Crippen LogP contribution is 2.36. The Morgan fingerprint density at radius 3 is 2.44 bits per heavy atom. The summed E-state index contributed by atoms with van der Waals surface area (Å²) in [6.07, 6.45) is -2.96. The third-order valence-electron chi connectivity index (χ3n) is 6.21. The maximum absolute atomic E-state index is 13.0. The van der Waals surface area contributed by atoms with Crippen molar-refractivity contribution in [1.82, 2.24) is 14.8 Å². The van der Waals surface area contributed by atoms with Crippen molar-refractivity contribution in [2.75, 3.05) is 19.0 Å². The second kappa shape index (κ2) is 10.0. The number of anilines is 1. The summed E-state index contributed by atoms with van der Waals surface area (Å²) in [7, 11) is -0.744. The number of hydrogen-bond acceptors (Lipinski definition) is 6. The maximum Gasteiger partial charge on any atom is 0.433 e. The molecule has 2 heterocycles. The monoisotopic (exact) mass is 522 g/mol. The summed E-state index contributed by atoms with van der Waals surface area (Å²) in [6, 6.07) is 5.99. The van der Waals surface area contributed by atoms with Crippen molar-refractivity contribution < 1.29 is 31.9 Å². The minimum atomic E-state index is -4.70. The molecule has 0 aliphatic carbocycles. The lowest BCUT2D eigenvalue weighted by molar-refractivity contribution is -0.141. The molecule has 0 saturated heterocycles. The lowest BCUT2D eigenvalue weighted by atomic mass is 10.1. The van der Waals surface area contributed by atoms with Gasteiger partial charge in [-0.05, 0) is 42.4 Å². The van der Waals surface area contributed by atoms with Gasteiger partial charge in [-0.2, -0.15) is 18.3 Å². The van der Waals surface area contributed by atoms with E-state index in [4.69, 9.17) is 9.16 Å². The number of esters is 1. The molecule has 0 bridgehead atoms. The van der Waals surface area contributed by atoms with E-state index in [9.17, 15) is 22.8 Å². The van der Waals surface area contributed by atoms with E-state index in [-0.39, 0.29) is 16.3 Å². The molecule has 0 atom stereocenters. The first-order valence-electron chi connectivity index (χ1n) is 11.2. The number of halogens is 3. The standard InChI is InChI=1S/C24H29F3N4O4Si/c1-23(2,3)36(5,6)35-11-10-31-14-15-12-19(16(22(33)34-4)13-18(15)30-31)29-21(32)17-8-7-9-20(28-17)24(25,26)27/h7-9,12-14H,10-11H2,1-6H3,(H,29,32). The molecule has 0 fully saturated rings. The van der Waals surface area contributed by atoms with Gasteiger partial charge in [-0.25, -0.2) is 9.78 Å². The van der Waals surface area contributed by atoms with E-state index in [1.807, 2.05) is 0 Å². The van der Waals surface area contributed by atoms with Crippen LogP contribution in [0.2, 0.25) is 18.1 Å². The van der Waals surface area contributed by atoms with Crippen LogP contribution in [-0.2, 0) is 21.9 Å². The summed E-state index contributed by atoms with van der Waals surface area (Å²) < 4.78 is 51.7. The van der Waals surface area contributed by atoms with Crippen LogP contribution >= 0.6 is 0 Å². The number of rotatable bonds is 7. The zero-order chi connectivity index (χ0) is 26.9. The lowest BCUT2D eigenvalue weighted by Crippen LogP contribution is -2.41. The van der Waals surface area contributed by atoms with Gasteiger partial charge in [-0.15, -0.1) is 0 Å². The molecule has 1 aromatic carbocycles. The molecule has 0 saturated carbocycles. The van der Waals surface area contributed by atoms with Crippen LogP contribution in [0.5, 0.6) is 0 Å². The molecule has 12 heteroatoms. The second-order valence-corrected chi connectivity index (χ2v) is 14.6. The zero-order valence-corrected chi connectivity index (χ0v) is 22.0. The van der Waals surface area contributed by atoms with Crippen molar-refractivity contribution >= 4 is 36.8 Å². The molecular formula is C24H29F3N4O4Si. The highest BCUT2D eigenvalue weighted by Gasteiger charge is 2.37. The van der Waals surface area contributed by atoms with Crippen molar-refractivity contribution in [1.29, 1.82) is 0 Å². The number of pyridine rings is 1. The highest BCUT2D eigenvalue weighted by atomic mass is 28.4. The Morgan fingerprint density at radius 2 is 1.83 bits per heavy atom. The first-order valence-corrected chi connectivity index (χ1v) is 14.1. The van der Waals surface area contributed by atoms with Gasteiger partial charge in [0.2, 0.25) is 0 Å². The van der Waals surface area contributed by atoms with Crippen LogP contribution in [0.4, 0.5) is 18.9 Å². The van der Waals surface area contributed by atoms with Crippen molar-refractivity contribution in [2.45, 2.75) is 51.6 Å². The first kappa shape index (κ1) is 27.3. The Morgan fingerprint density at radius 1 is 1.14 bits per heavy atom. The van der Waals surface area contributed by atoms with E-state index in [0.29, 0.717) is 24.1 Å². The number of aromatic nitrogens is 3. The molecule has 3 aromatic rings. The minimum absolute atomic E-state index is 0.00750. The average Bonchev–Trinajstić information content (AvgIpc) is 3.18. The number of ether oxygens (including phenoxy) is 1. The number of hydrogen-bond donors (Lipinski definition) is 1. The summed E-state index contributed by atoms with van der Waals surface area (Å²) >= 11 is 0. The van der Waals surface area contributed by atoms with Gasteiger partial charge >= 0.3 is 12.1 Å². The molecule has 0 unspecified atom stereocenters. The van der Waals surface area contributed by atoms with E-state index < -0.39 is 37.8 Å². The van der Waals surface area contributed by atoms with Crippen LogP contribution in [0.3, 0.4) is 0 Å². The normalized spacial score (nSPS) is 12.6. The Balaban J connectivity index is 1.87. The number of methoxy groups -OCH3 is 1. The number of fused-ring (bicyclic) bond motifs is 1. The van der Waals surface area contributed by atoms with Gasteiger partial charge in [0.25, 0.3) is 5.91 Å². The molecule has 2 aromatic heterocycles. The summed E-state index contributed by atoms with van der Waals surface area (Å²) in [4.78, 5) is 28.5. The Hall–Kier alpha value is -3.25. The van der Waals surface area contributed by atoms with Crippen molar-refractivity contribution in [3.8, 4) is 0 Å². The number of alkyl halides is 3. The third kappa shape index (κ3) is 6.11. The predicted octanol–water partition coefficient (Wildman–Crippen LogP) is 5.51. The van der Waals surface area contributed by atoms with E-state index in [1.165, 1.54) is 19.2 Å². The number of amides is 1. The minimum Gasteiger partial charge on any atom is -0.465 e. The van der Waals surface area contributed by atoms with Crippen LogP contribution in [-0.4, -0.2) is 48.7 Å². The summed E-state index contributed by atoms with van der Waals surface area (Å²) in [6.45, 7) is 11.7. The number of nitrogens with one attached hydrogen (secondary N) is 1. The van der Waals surface area contributed by atoms with Gasteiger partial charge in [0.05, 0.1) is 37.0 Å². The summed E-state index contributed by atoms with van der Waals surface area (Å²) in [5.74, 6) is -1.64. The Labute approximate surface area is 207 Å². The summed E-state index contributed by atoms with van der Waals surface area (Å²) in [5, 5.41) is 7.64. The van der Waals surface area contributed by atoms with Crippen molar-refractivity contribution in [3.63, 3.8) is 0 Å². The van der Waals surface area contributed by atoms with Gasteiger partial charge in [0, 0.05) is 11.6 Å². The van der Waals surface area contributed by atoms with Crippen molar-refractivity contribution in [3.05, 3.63) is 53.5 Å². The van der Waals surface area contributed by atoms with Gasteiger partial charge in [0.15, 0.2) is 8.32 Å². The molecule has 8 nitrogen and oxygen atoms in total. The number of benzene rings is 1. The van der Waals surface area contributed by atoms with Gasteiger partial charge in [0.1, 0.15) is 11.4 Å². The molecule has 194 valence electrons. The van der Waals surface area contributed by atoms with Crippen LogP contribution < -0.4 is 5.32 Å². The fraction of sp³-hybridized carbons (Fsp3) is 0.417. The molecule has 36 heavy (non-hydrogen) atoms. The molecule has 0 aliphatic heterocycles. The molecule has 0 spiro atoms. The Bertz CT molecular complexity index is 1280. The first-order chi connectivity index (χ1) is 16.6. The quantitative estimate of drug-likeness (QED) is 0.325. The maximum atomic E-state index is 13.0. The molecule has 0 radical (unpaired) electrons. The summed E-state index contributed by atoms with van der Waals surface area (Å²) in [5.41, 5.74) is -1.08. The van der Waals surface area contributed by atoms with E-state index >= 15 is 0 Å². The molecule has 1 amide bonds. The SMILES string of the molecule is COC(=O)c1cc2nn(CCO[Si](C)(C)C(C)(C)C)cc2cc1NC(=O)c1cccc(C(F)(F)F)n1. The number of carbonyl (C=O) groups is 2. The van der Waals surface area contributed by atoms with E-state index in [1.54, 1.807) is 10.9 Å². The topological polar surface area (TPSA) is 95.3 Å². The van der Waals surface area contributed by atoms with Crippen LogP contribution in [0, 0.1) is 0 Å². The number of carbonyl (C=O) groups excluding carboxylic acids is 2. The molecule has 0 aliphatic rings. The predicted molar refractivity (Wildman–Crippen MR) is 131 cm³/mol. The van der Waals surface area contributed by atoms with E-state index in [2.05, 4.69) is 49.3 Å². The smallest absolute Gasteiger partial charge is 0.433 e. The van der Waals surface area contributed by atoms with Gasteiger partial charge in [-0.3, -0.25) is 9.48 Å². The van der Waals surface area contributed by atoms with Gasteiger partial charge < -0.3 is 14.5 Å². The second-order valence-electron chi connectivity index (χ2n) is 9.81. The zero-order valence-electron chi connectivity index (χ0n) is 21.0. The average molecular weight is 523 g/mol. The highest BCUT2D eigenvalue weighted by molar-refractivity contribution is 6.74. The Kier molecular flexibility index (Phi) is 7.60. The van der Waals surface area contributed by atoms with Crippen molar-refractivity contribution in [2.24, 2.45) is 0 Å². The van der Waals surface area contributed by atoms with Crippen LogP contribution in [0.1, 0.15) is 47.3 Å². The molecule has 1 N–H and O–H groups in total. The molecular weight excluding hydrogens is 493 g/mol. The van der Waals surface area contributed by atoms with Gasteiger partial charge in [-0.1, -0.05) is 26.8 Å². The lowest BCUT2D eigenvalue weighted by Gasteiger charge is -2.36. The number of nitrogens with zero attached hydrogens (tertiary/aromatic N) is 3. The fourth-order valence-corrected chi connectivity index (χ4v) is 4.17. The fourth-order valence-electron chi connectivity index (χ4n) is 3.14.